The summed E-state index contributed by atoms with van der Waals surface area (Å²) in [6.45, 7) is 5.44. The number of aryl methyl sites for hydroxylation is 2. The topological polar surface area (TPSA) is 72.4 Å². The van der Waals surface area contributed by atoms with Gasteiger partial charge in [-0.25, -0.2) is 22.8 Å². The number of fused-ring (bicyclic) bond motifs is 1. The minimum atomic E-state index is -3.21. The maximum Gasteiger partial charge on any atom is 0.211 e. The van der Waals surface area contributed by atoms with Gasteiger partial charge in [0.25, 0.3) is 0 Å². The van der Waals surface area contributed by atoms with Gasteiger partial charge in [0.05, 0.1) is 18.4 Å². The van der Waals surface area contributed by atoms with Gasteiger partial charge in [-0.15, -0.1) is 0 Å². The van der Waals surface area contributed by atoms with E-state index in [2.05, 4.69) is 9.97 Å². The zero-order valence-electron chi connectivity index (χ0n) is 19.8. The maximum absolute atomic E-state index is 14.6. The van der Waals surface area contributed by atoms with Crippen LogP contribution in [0.5, 0.6) is 5.75 Å². The zero-order valence-corrected chi connectivity index (χ0v) is 20.6. The maximum atomic E-state index is 14.6. The van der Waals surface area contributed by atoms with E-state index in [0.29, 0.717) is 37.5 Å². The highest BCUT2D eigenvalue weighted by Gasteiger charge is 2.28. The Kier molecular flexibility index (Phi) is 7.28. The molecule has 0 spiro atoms. The first-order valence-electron chi connectivity index (χ1n) is 11.5. The summed E-state index contributed by atoms with van der Waals surface area (Å²) < 4.78 is 45.9. The molecular weight excluding hydrogens is 453 g/mol. The van der Waals surface area contributed by atoms with Crippen molar-refractivity contribution >= 4 is 10.0 Å². The summed E-state index contributed by atoms with van der Waals surface area (Å²) in [6, 6.07) is 11.0. The molecule has 1 aliphatic rings. The lowest BCUT2D eigenvalue weighted by Gasteiger charge is -2.31. The lowest BCUT2D eigenvalue weighted by atomic mass is 9.92. The van der Waals surface area contributed by atoms with Crippen LogP contribution in [0.3, 0.4) is 0 Å². The van der Waals surface area contributed by atoms with Crippen molar-refractivity contribution in [2.75, 3.05) is 19.4 Å². The van der Waals surface area contributed by atoms with Crippen LogP contribution >= 0.6 is 0 Å². The molecule has 2 aromatic carbocycles. The lowest BCUT2D eigenvalue weighted by Crippen LogP contribution is -2.36. The summed E-state index contributed by atoms with van der Waals surface area (Å²) in [5.41, 5.74) is 4.46. The van der Waals surface area contributed by atoms with E-state index < -0.39 is 10.0 Å². The van der Waals surface area contributed by atoms with Crippen molar-refractivity contribution in [2.45, 2.75) is 45.6 Å². The second-order valence-corrected chi connectivity index (χ2v) is 10.8. The molecule has 0 N–H and O–H groups in total. The zero-order chi connectivity index (χ0) is 24.3. The number of aromatic nitrogens is 2. The molecule has 8 heteroatoms. The number of hydrogen-bond donors (Lipinski definition) is 0. The molecule has 0 saturated carbocycles. The first-order chi connectivity index (χ1) is 16.2. The van der Waals surface area contributed by atoms with Gasteiger partial charge in [0.1, 0.15) is 11.6 Å². The van der Waals surface area contributed by atoms with Crippen molar-refractivity contribution in [3.05, 3.63) is 76.9 Å². The number of ether oxygens (including phenoxy) is 1. The first kappa shape index (κ1) is 24.3. The van der Waals surface area contributed by atoms with Gasteiger partial charge >= 0.3 is 0 Å². The van der Waals surface area contributed by atoms with Crippen molar-refractivity contribution < 1.29 is 17.5 Å². The molecule has 0 amide bonds. The largest absolute Gasteiger partial charge is 0.494 e. The average molecular weight is 484 g/mol. The highest BCUT2D eigenvalue weighted by atomic mass is 32.2. The third-order valence-corrected chi connectivity index (χ3v) is 7.42. The van der Waals surface area contributed by atoms with Crippen molar-refractivity contribution in [2.24, 2.45) is 0 Å². The molecule has 6 nitrogen and oxygen atoms in total. The Labute approximate surface area is 200 Å². The fourth-order valence-corrected chi connectivity index (χ4v) is 5.08. The molecule has 1 atom stereocenters. The quantitative estimate of drug-likeness (QED) is 0.433. The summed E-state index contributed by atoms with van der Waals surface area (Å²) >= 11 is 0. The Bertz CT molecular complexity index is 1260. The van der Waals surface area contributed by atoms with Crippen molar-refractivity contribution in [1.29, 1.82) is 0 Å². The number of nitrogens with zero attached hydrogens (tertiary/aromatic N) is 3. The second-order valence-electron chi connectivity index (χ2n) is 8.85. The van der Waals surface area contributed by atoms with Crippen LogP contribution in [0.15, 0.2) is 48.8 Å². The summed E-state index contributed by atoms with van der Waals surface area (Å²) in [5.74, 6) is 0.943. The van der Waals surface area contributed by atoms with E-state index in [1.807, 2.05) is 38.1 Å². The second kappa shape index (κ2) is 10.2. The van der Waals surface area contributed by atoms with E-state index in [9.17, 15) is 12.8 Å². The molecule has 0 saturated heterocycles. The van der Waals surface area contributed by atoms with Crippen LogP contribution in [0.4, 0.5) is 4.39 Å². The third-order valence-electron chi connectivity index (χ3n) is 6.21. The Balaban J connectivity index is 1.32. The summed E-state index contributed by atoms with van der Waals surface area (Å²) in [5, 5.41) is 0. The van der Waals surface area contributed by atoms with Gasteiger partial charge in [0, 0.05) is 25.5 Å². The standard InChI is InChI=1S/C26H30FN3O3S/c1-4-19-14-28-26(29-15-19)23-10-7-20(12-25(23)27)6-5-11-33-22-9-8-21-17-30(34(3,31)32)16-18(2)24(21)13-22/h7-10,12-15,18H,4-6,11,16-17H2,1-3H3. The van der Waals surface area contributed by atoms with Gasteiger partial charge in [-0.05, 0) is 71.7 Å². The third kappa shape index (κ3) is 5.62. The molecule has 2 heterocycles. The molecule has 34 heavy (non-hydrogen) atoms. The molecule has 4 rings (SSSR count). The van der Waals surface area contributed by atoms with Crippen molar-refractivity contribution in [3.63, 3.8) is 0 Å². The number of hydrogen-bond acceptors (Lipinski definition) is 5. The van der Waals surface area contributed by atoms with Gasteiger partial charge < -0.3 is 4.74 Å². The van der Waals surface area contributed by atoms with E-state index in [1.54, 1.807) is 24.5 Å². The average Bonchev–Trinajstić information content (AvgIpc) is 2.81. The predicted octanol–water partition coefficient (Wildman–Crippen LogP) is 4.74. The van der Waals surface area contributed by atoms with E-state index in [1.165, 1.54) is 10.6 Å². The van der Waals surface area contributed by atoms with Crippen LogP contribution in [0.1, 0.15) is 48.4 Å². The van der Waals surface area contributed by atoms with Gasteiger partial charge in [0.2, 0.25) is 10.0 Å². The van der Waals surface area contributed by atoms with E-state index in [0.717, 1.165) is 40.8 Å². The number of benzene rings is 2. The molecule has 0 bridgehead atoms. The SMILES string of the molecule is CCc1cnc(-c2ccc(CCCOc3ccc4c(c3)C(C)CN(S(C)(=O)=O)C4)cc2F)nc1. The Morgan fingerprint density at radius 3 is 2.56 bits per heavy atom. The number of sulfonamides is 1. The van der Waals surface area contributed by atoms with Crippen LogP contribution in [-0.2, 0) is 29.4 Å². The molecule has 0 aliphatic carbocycles. The van der Waals surface area contributed by atoms with E-state index in [-0.39, 0.29) is 11.7 Å². The number of rotatable bonds is 8. The molecule has 1 aliphatic heterocycles. The van der Waals surface area contributed by atoms with Crippen LogP contribution in [0, 0.1) is 5.82 Å². The lowest BCUT2D eigenvalue weighted by molar-refractivity contribution is 0.308. The molecule has 180 valence electrons. The Hall–Kier alpha value is -2.84. The highest BCUT2D eigenvalue weighted by molar-refractivity contribution is 7.88. The Morgan fingerprint density at radius 2 is 1.88 bits per heavy atom. The molecule has 1 aromatic heterocycles. The molecule has 0 fully saturated rings. The van der Waals surface area contributed by atoms with Gasteiger partial charge in [-0.3, -0.25) is 0 Å². The van der Waals surface area contributed by atoms with E-state index >= 15 is 0 Å². The van der Waals surface area contributed by atoms with Gasteiger partial charge in [-0.1, -0.05) is 26.0 Å². The normalized spacial score (nSPS) is 16.3. The smallest absolute Gasteiger partial charge is 0.211 e. The highest BCUT2D eigenvalue weighted by Crippen LogP contribution is 2.32. The van der Waals surface area contributed by atoms with E-state index in [4.69, 9.17) is 4.74 Å². The minimum absolute atomic E-state index is 0.102. The first-order valence-corrected chi connectivity index (χ1v) is 13.4. The fourth-order valence-electron chi connectivity index (χ4n) is 4.21. The fraction of sp³-hybridized carbons (Fsp3) is 0.385. The van der Waals surface area contributed by atoms with Gasteiger partial charge in [0.15, 0.2) is 5.82 Å². The van der Waals surface area contributed by atoms with Crippen LogP contribution < -0.4 is 4.74 Å². The minimum Gasteiger partial charge on any atom is -0.494 e. The molecule has 1 unspecified atom stereocenters. The summed E-state index contributed by atoms with van der Waals surface area (Å²) in [7, 11) is -3.21. The summed E-state index contributed by atoms with van der Waals surface area (Å²) in [6.07, 6.45) is 6.99. The van der Waals surface area contributed by atoms with Gasteiger partial charge in [-0.2, -0.15) is 4.31 Å². The molecule has 3 aromatic rings. The molecule has 0 radical (unpaired) electrons. The van der Waals surface area contributed by atoms with Crippen molar-refractivity contribution in [1.82, 2.24) is 14.3 Å². The van der Waals surface area contributed by atoms with Crippen LogP contribution in [0.2, 0.25) is 0 Å². The Morgan fingerprint density at radius 1 is 1.12 bits per heavy atom. The van der Waals surface area contributed by atoms with Crippen LogP contribution in [0.25, 0.3) is 11.4 Å². The van der Waals surface area contributed by atoms with Crippen LogP contribution in [-0.4, -0.2) is 42.1 Å². The predicted molar refractivity (Wildman–Crippen MR) is 131 cm³/mol. The van der Waals surface area contributed by atoms with Crippen molar-refractivity contribution in [3.8, 4) is 17.1 Å². The monoisotopic (exact) mass is 483 g/mol. The summed E-state index contributed by atoms with van der Waals surface area (Å²) in [4.78, 5) is 8.54. The number of halogens is 1. The molecular formula is C26H30FN3O3S.